The molecule has 150 valence electrons. The van der Waals surface area contributed by atoms with Crippen LogP contribution in [0.15, 0.2) is 24.3 Å². The first-order chi connectivity index (χ1) is 13.1. The number of ether oxygens (including phenoxy) is 1. The van der Waals surface area contributed by atoms with Gasteiger partial charge in [0, 0.05) is 37.5 Å². The quantitative estimate of drug-likeness (QED) is 0.804. The molecule has 27 heavy (non-hydrogen) atoms. The molecule has 1 aliphatic carbocycles. The van der Waals surface area contributed by atoms with Crippen LogP contribution in [-0.4, -0.2) is 67.6 Å². The highest BCUT2D eigenvalue weighted by molar-refractivity contribution is 6.33. The third-order valence-corrected chi connectivity index (χ3v) is 7.40. The number of benzene rings is 1. The third-order valence-electron chi connectivity index (χ3n) is 7.08. The number of nitrogens with two attached hydrogens (primary N) is 1. The van der Waals surface area contributed by atoms with E-state index in [1.54, 1.807) is 0 Å². The van der Waals surface area contributed by atoms with Gasteiger partial charge in [-0.2, -0.15) is 0 Å². The smallest absolute Gasteiger partial charge is 0.0682 e. The molecule has 0 unspecified atom stereocenters. The molecule has 2 saturated heterocycles. The van der Waals surface area contributed by atoms with E-state index in [0.717, 1.165) is 56.2 Å². The number of likely N-dealkylation sites (tertiary alicyclic amines) is 1. The van der Waals surface area contributed by atoms with Crippen molar-refractivity contribution in [2.45, 2.75) is 50.4 Å². The summed E-state index contributed by atoms with van der Waals surface area (Å²) in [6, 6.07) is 8.78. The van der Waals surface area contributed by atoms with Crippen LogP contribution in [0.1, 0.15) is 32.1 Å². The van der Waals surface area contributed by atoms with Crippen molar-refractivity contribution in [2.75, 3.05) is 44.2 Å². The van der Waals surface area contributed by atoms with Crippen molar-refractivity contribution in [1.29, 1.82) is 0 Å². The Hall–Kier alpha value is -0.850. The van der Waals surface area contributed by atoms with Gasteiger partial charge in [0.1, 0.15) is 0 Å². The summed E-state index contributed by atoms with van der Waals surface area (Å²) in [6.07, 6.45) is 5.19. The highest BCUT2D eigenvalue weighted by Crippen LogP contribution is 2.51. The number of aliphatic hydroxyl groups is 1. The summed E-state index contributed by atoms with van der Waals surface area (Å²) < 4.78 is 5.92. The molecule has 1 aromatic carbocycles. The van der Waals surface area contributed by atoms with Crippen molar-refractivity contribution < 1.29 is 9.84 Å². The Morgan fingerprint density at radius 3 is 2.48 bits per heavy atom. The second-order valence-electron chi connectivity index (χ2n) is 8.34. The molecule has 3 fully saturated rings. The van der Waals surface area contributed by atoms with Crippen LogP contribution in [0.4, 0.5) is 5.69 Å². The van der Waals surface area contributed by atoms with Gasteiger partial charge in [-0.3, -0.25) is 0 Å². The molecule has 3 N–H and O–H groups in total. The maximum absolute atomic E-state index is 10.4. The number of hydrogen-bond donors (Lipinski definition) is 2. The second-order valence-corrected chi connectivity index (χ2v) is 8.75. The third kappa shape index (κ3) is 3.73. The minimum absolute atomic E-state index is 0.0239. The molecule has 0 bridgehead atoms. The number of hydrogen-bond acceptors (Lipinski definition) is 5. The van der Waals surface area contributed by atoms with Gasteiger partial charge in [0.2, 0.25) is 0 Å². The molecule has 1 saturated carbocycles. The lowest BCUT2D eigenvalue weighted by Gasteiger charge is -2.57. The van der Waals surface area contributed by atoms with E-state index < -0.39 is 0 Å². The fraction of sp³-hybridized carbons (Fsp3) is 0.714. The Kier molecular flexibility index (Phi) is 5.95. The number of aliphatic hydroxyl groups excluding tert-OH is 1. The first-order valence-corrected chi connectivity index (χ1v) is 10.7. The number of halogens is 1. The summed E-state index contributed by atoms with van der Waals surface area (Å²) in [5.74, 6) is 0. The Bertz CT molecular complexity index is 628. The monoisotopic (exact) mass is 393 g/mol. The summed E-state index contributed by atoms with van der Waals surface area (Å²) >= 11 is 6.36. The lowest BCUT2D eigenvalue weighted by molar-refractivity contribution is -0.212. The summed E-state index contributed by atoms with van der Waals surface area (Å²) in [4.78, 5) is 5.05. The molecule has 1 aromatic rings. The summed E-state index contributed by atoms with van der Waals surface area (Å²) in [5, 5.41) is 11.3. The Balaban J connectivity index is 1.29. The standard InChI is InChI=1S/C21H32ClN3O2/c22-17-3-1-2-4-18(17)25-10-5-16(6-11-25)24-12-7-21(8-13-24)19(26)15-20(21)27-14-9-23/h1-4,16,19-20,26H,5-15,23H2/t19-,20+/m0/s1. The van der Waals surface area contributed by atoms with Crippen molar-refractivity contribution >= 4 is 17.3 Å². The van der Waals surface area contributed by atoms with E-state index >= 15 is 0 Å². The van der Waals surface area contributed by atoms with Crippen LogP contribution in [-0.2, 0) is 4.74 Å². The van der Waals surface area contributed by atoms with E-state index in [1.165, 1.54) is 12.8 Å². The van der Waals surface area contributed by atoms with Gasteiger partial charge in [-0.15, -0.1) is 0 Å². The van der Waals surface area contributed by atoms with E-state index in [4.69, 9.17) is 22.1 Å². The first-order valence-electron chi connectivity index (χ1n) is 10.4. The van der Waals surface area contributed by atoms with Gasteiger partial charge in [0.05, 0.1) is 29.5 Å². The van der Waals surface area contributed by atoms with Crippen LogP contribution in [0.5, 0.6) is 0 Å². The lowest BCUT2D eigenvalue weighted by Crippen LogP contribution is -2.63. The predicted octanol–water partition coefficient (Wildman–Crippen LogP) is 2.50. The summed E-state index contributed by atoms with van der Waals surface area (Å²) in [6.45, 7) is 5.40. The van der Waals surface area contributed by atoms with Crippen LogP contribution in [0.3, 0.4) is 0 Å². The fourth-order valence-corrected chi connectivity index (χ4v) is 5.57. The van der Waals surface area contributed by atoms with Crippen LogP contribution in [0.2, 0.25) is 5.02 Å². The second kappa shape index (κ2) is 8.26. The number of anilines is 1. The van der Waals surface area contributed by atoms with Crippen molar-refractivity contribution in [2.24, 2.45) is 11.1 Å². The molecule has 0 amide bonds. The van der Waals surface area contributed by atoms with Gasteiger partial charge < -0.3 is 25.4 Å². The largest absolute Gasteiger partial charge is 0.392 e. The molecule has 2 aliphatic heterocycles. The normalized spacial score (nSPS) is 29.1. The Morgan fingerprint density at radius 1 is 1.15 bits per heavy atom. The van der Waals surface area contributed by atoms with E-state index in [-0.39, 0.29) is 17.6 Å². The van der Waals surface area contributed by atoms with Gasteiger partial charge in [-0.1, -0.05) is 23.7 Å². The van der Waals surface area contributed by atoms with E-state index in [1.807, 2.05) is 12.1 Å². The molecule has 2 atom stereocenters. The zero-order chi connectivity index (χ0) is 18.9. The van der Waals surface area contributed by atoms with Crippen molar-refractivity contribution in [1.82, 2.24) is 4.90 Å². The van der Waals surface area contributed by atoms with E-state index in [0.29, 0.717) is 19.2 Å². The molecule has 3 aliphatic rings. The number of nitrogens with zero attached hydrogens (tertiary/aromatic N) is 2. The predicted molar refractivity (Wildman–Crippen MR) is 109 cm³/mol. The van der Waals surface area contributed by atoms with Crippen LogP contribution < -0.4 is 10.6 Å². The highest BCUT2D eigenvalue weighted by Gasteiger charge is 2.56. The van der Waals surface area contributed by atoms with E-state index in [9.17, 15) is 5.11 Å². The average molecular weight is 394 g/mol. The van der Waals surface area contributed by atoms with Crippen molar-refractivity contribution in [3.05, 3.63) is 29.3 Å². The number of rotatable bonds is 5. The molecule has 4 rings (SSSR count). The van der Waals surface area contributed by atoms with Gasteiger partial charge in [-0.25, -0.2) is 0 Å². The molecule has 0 radical (unpaired) electrons. The molecular weight excluding hydrogens is 362 g/mol. The topological polar surface area (TPSA) is 62.0 Å². The first kappa shape index (κ1) is 19.5. The van der Waals surface area contributed by atoms with Crippen molar-refractivity contribution in [3.8, 4) is 0 Å². The minimum atomic E-state index is -0.204. The minimum Gasteiger partial charge on any atom is -0.392 e. The molecule has 6 heteroatoms. The molecular formula is C21H32ClN3O2. The van der Waals surface area contributed by atoms with Crippen LogP contribution >= 0.6 is 11.6 Å². The van der Waals surface area contributed by atoms with Gasteiger partial charge in [0.15, 0.2) is 0 Å². The van der Waals surface area contributed by atoms with Crippen molar-refractivity contribution in [3.63, 3.8) is 0 Å². The van der Waals surface area contributed by atoms with Crippen LogP contribution in [0, 0.1) is 5.41 Å². The lowest BCUT2D eigenvalue weighted by atomic mass is 9.58. The summed E-state index contributed by atoms with van der Waals surface area (Å²) in [5.41, 5.74) is 6.72. The number of piperidine rings is 2. The zero-order valence-corrected chi connectivity index (χ0v) is 16.8. The maximum Gasteiger partial charge on any atom is 0.0682 e. The Labute approximate surface area is 167 Å². The SMILES string of the molecule is NCCO[C@@H]1C[C@H](O)C12CCN(C1CCN(c3ccccc3Cl)CC1)CC2. The average Bonchev–Trinajstić information content (AvgIpc) is 2.72. The van der Waals surface area contributed by atoms with Crippen LogP contribution in [0.25, 0.3) is 0 Å². The highest BCUT2D eigenvalue weighted by atomic mass is 35.5. The number of para-hydroxylation sites is 1. The van der Waals surface area contributed by atoms with Gasteiger partial charge in [0.25, 0.3) is 0 Å². The summed E-state index contributed by atoms with van der Waals surface area (Å²) in [7, 11) is 0. The molecule has 5 nitrogen and oxygen atoms in total. The molecule has 1 spiro atoms. The van der Waals surface area contributed by atoms with Gasteiger partial charge in [-0.05, 0) is 50.9 Å². The fourth-order valence-electron chi connectivity index (χ4n) is 5.31. The Morgan fingerprint density at radius 2 is 1.85 bits per heavy atom. The maximum atomic E-state index is 10.4. The zero-order valence-electron chi connectivity index (χ0n) is 16.0. The molecule has 2 heterocycles. The van der Waals surface area contributed by atoms with Gasteiger partial charge >= 0.3 is 0 Å². The molecule has 0 aromatic heterocycles. The van der Waals surface area contributed by atoms with E-state index in [2.05, 4.69) is 21.9 Å².